The fourth-order valence-electron chi connectivity index (χ4n) is 5.44. The van der Waals surface area contributed by atoms with Gasteiger partial charge in [-0.1, -0.05) is 62.4 Å². The minimum absolute atomic E-state index is 0.0477. The molecule has 0 saturated carbocycles. The molecule has 3 aromatic rings. The highest BCUT2D eigenvalue weighted by molar-refractivity contribution is 9.10. The fourth-order valence-corrected chi connectivity index (χ4v) is 6.01. The number of nitrogens with zero attached hydrogens (tertiary/aromatic N) is 4. The second kappa shape index (κ2) is 11.3. The van der Waals surface area contributed by atoms with E-state index in [0.717, 1.165) is 16.0 Å². The molecule has 3 aromatic carbocycles. The number of halogens is 7. The van der Waals surface area contributed by atoms with E-state index in [1.807, 2.05) is 32.0 Å². The van der Waals surface area contributed by atoms with Gasteiger partial charge in [0.15, 0.2) is 6.04 Å². The zero-order valence-corrected chi connectivity index (χ0v) is 24.0. The van der Waals surface area contributed by atoms with Crippen LogP contribution in [0.25, 0.3) is 0 Å². The summed E-state index contributed by atoms with van der Waals surface area (Å²) in [6, 6.07) is 18.0. The third-order valence-electron chi connectivity index (χ3n) is 7.37. The van der Waals surface area contributed by atoms with Crippen LogP contribution >= 0.6 is 15.9 Å². The Morgan fingerprint density at radius 3 is 2.15 bits per heavy atom. The summed E-state index contributed by atoms with van der Waals surface area (Å²) in [5.74, 6) is 0.285. The lowest BCUT2D eigenvalue weighted by Crippen LogP contribution is -2.53. The largest absolute Gasteiger partial charge is 0.412 e. The van der Waals surface area contributed by atoms with Gasteiger partial charge in [-0.25, -0.2) is 4.99 Å². The van der Waals surface area contributed by atoms with Crippen LogP contribution in [0.5, 0.6) is 0 Å². The Morgan fingerprint density at radius 1 is 0.878 bits per heavy atom. The maximum absolute atomic E-state index is 14.5. The van der Waals surface area contributed by atoms with Crippen molar-refractivity contribution in [2.24, 2.45) is 4.99 Å². The molecule has 218 valence electrons. The molecular weight excluding hydrogens is 610 g/mol. The Kier molecular flexibility index (Phi) is 8.13. The van der Waals surface area contributed by atoms with Crippen molar-refractivity contribution >= 4 is 39.0 Å². The summed E-state index contributed by atoms with van der Waals surface area (Å²) in [5, 5.41) is 0. The Morgan fingerprint density at radius 2 is 1.54 bits per heavy atom. The van der Waals surface area contributed by atoms with Crippen molar-refractivity contribution in [3.63, 3.8) is 0 Å². The van der Waals surface area contributed by atoms with Crippen molar-refractivity contribution in [1.82, 2.24) is 4.90 Å². The first-order chi connectivity index (χ1) is 19.3. The molecule has 2 unspecified atom stereocenters. The SMILES string of the molecule is CC(C)c1ccc(N2C3=NC(C(F)(F)F)C(CN(CCc4ccccc4)CC(F)(F)F)N3c3ccccc32)c(Br)c1. The van der Waals surface area contributed by atoms with Crippen LogP contribution in [0.4, 0.5) is 43.4 Å². The van der Waals surface area contributed by atoms with Gasteiger partial charge in [-0.2, -0.15) is 26.3 Å². The maximum atomic E-state index is 14.5. The summed E-state index contributed by atoms with van der Waals surface area (Å²) < 4.78 is 85.0. The second-order valence-electron chi connectivity index (χ2n) is 10.6. The number of hydrogen-bond donors (Lipinski definition) is 0. The zero-order chi connectivity index (χ0) is 29.5. The minimum atomic E-state index is -4.76. The first kappa shape index (κ1) is 29.4. The molecule has 0 bridgehead atoms. The van der Waals surface area contributed by atoms with E-state index in [1.165, 1.54) is 4.90 Å². The standard InChI is InChI=1S/C30H29BrF6N4/c1-19(2)21-12-13-23(22(31)16-21)40-24-10-6-7-11-25(24)41-26(27(30(35,36)37)38-28(40)41)17-39(18-29(32,33)34)15-14-20-8-4-3-5-9-20/h3-13,16,19,26-27H,14-15,17-18H2,1-2H3. The number of guanidine groups is 1. The second-order valence-corrected chi connectivity index (χ2v) is 11.5. The number of alkyl halides is 6. The third-order valence-corrected chi connectivity index (χ3v) is 8.01. The molecule has 2 heterocycles. The van der Waals surface area contributed by atoms with Crippen LogP contribution in [-0.2, 0) is 6.42 Å². The molecule has 0 spiro atoms. The molecule has 5 rings (SSSR count). The van der Waals surface area contributed by atoms with Gasteiger partial charge in [0.1, 0.15) is 0 Å². The highest BCUT2D eigenvalue weighted by atomic mass is 79.9. The molecule has 0 aliphatic carbocycles. The van der Waals surface area contributed by atoms with E-state index in [0.29, 0.717) is 21.5 Å². The van der Waals surface area contributed by atoms with E-state index in [4.69, 9.17) is 0 Å². The van der Waals surface area contributed by atoms with E-state index < -0.39 is 37.5 Å². The number of para-hydroxylation sites is 2. The van der Waals surface area contributed by atoms with Crippen molar-refractivity contribution in [2.45, 2.75) is 50.6 Å². The van der Waals surface area contributed by atoms with Crippen molar-refractivity contribution < 1.29 is 26.3 Å². The molecule has 4 nitrogen and oxygen atoms in total. The molecule has 41 heavy (non-hydrogen) atoms. The van der Waals surface area contributed by atoms with E-state index in [9.17, 15) is 26.3 Å². The van der Waals surface area contributed by atoms with Crippen molar-refractivity contribution in [3.05, 3.63) is 88.4 Å². The summed E-state index contributed by atoms with van der Waals surface area (Å²) in [4.78, 5) is 8.33. The van der Waals surface area contributed by atoms with Gasteiger partial charge in [0.05, 0.1) is 29.6 Å². The maximum Gasteiger partial charge on any atom is 0.412 e. The lowest BCUT2D eigenvalue weighted by Gasteiger charge is -2.33. The van der Waals surface area contributed by atoms with Gasteiger partial charge in [0.2, 0.25) is 5.96 Å². The number of aliphatic imine (C=N–C) groups is 1. The van der Waals surface area contributed by atoms with Crippen LogP contribution in [-0.4, -0.2) is 54.9 Å². The van der Waals surface area contributed by atoms with Crippen LogP contribution in [0.3, 0.4) is 0 Å². The van der Waals surface area contributed by atoms with Crippen LogP contribution in [0.1, 0.15) is 30.9 Å². The number of hydrogen-bond acceptors (Lipinski definition) is 4. The van der Waals surface area contributed by atoms with Crippen molar-refractivity contribution in [1.29, 1.82) is 0 Å². The quantitative estimate of drug-likeness (QED) is 0.232. The molecule has 2 aliphatic rings. The molecule has 2 aliphatic heterocycles. The Hall–Kier alpha value is -3.05. The van der Waals surface area contributed by atoms with E-state index in [1.54, 1.807) is 59.5 Å². The van der Waals surface area contributed by atoms with Gasteiger partial charge in [-0.3, -0.25) is 9.80 Å². The van der Waals surface area contributed by atoms with E-state index in [2.05, 4.69) is 20.9 Å². The number of rotatable bonds is 8. The number of anilines is 3. The average molecular weight is 639 g/mol. The summed E-state index contributed by atoms with van der Waals surface area (Å²) in [7, 11) is 0. The van der Waals surface area contributed by atoms with Crippen LogP contribution in [0, 0.1) is 0 Å². The minimum Gasteiger partial charge on any atom is -0.303 e. The van der Waals surface area contributed by atoms with Gasteiger partial charge < -0.3 is 4.90 Å². The van der Waals surface area contributed by atoms with Gasteiger partial charge in [0, 0.05) is 17.6 Å². The summed E-state index contributed by atoms with van der Waals surface area (Å²) >= 11 is 3.59. The summed E-state index contributed by atoms with van der Waals surface area (Å²) in [6.07, 6.45) is -9.07. The third kappa shape index (κ3) is 6.25. The predicted molar refractivity (Wildman–Crippen MR) is 153 cm³/mol. The van der Waals surface area contributed by atoms with Gasteiger partial charge in [-0.15, -0.1) is 0 Å². The van der Waals surface area contributed by atoms with E-state index in [-0.39, 0.29) is 24.8 Å². The summed E-state index contributed by atoms with van der Waals surface area (Å²) in [6.45, 7) is 2.23. The molecule has 11 heteroatoms. The smallest absolute Gasteiger partial charge is 0.303 e. The van der Waals surface area contributed by atoms with Crippen LogP contribution in [0.15, 0.2) is 82.3 Å². The highest BCUT2D eigenvalue weighted by Crippen LogP contribution is 2.49. The number of fused-ring (bicyclic) bond motifs is 3. The predicted octanol–water partition coefficient (Wildman–Crippen LogP) is 8.31. The Labute approximate surface area is 243 Å². The van der Waals surface area contributed by atoms with E-state index >= 15 is 0 Å². The van der Waals surface area contributed by atoms with Crippen LogP contribution < -0.4 is 9.80 Å². The number of benzene rings is 3. The van der Waals surface area contributed by atoms with Crippen molar-refractivity contribution in [2.75, 3.05) is 29.4 Å². The molecule has 0 fully saturated rings. The first-order valence-electron chi connectivity index (χ1n) is 13.3. The Balaban J connectivity index is 1.53. The van der Waals surface area contributed by atoms with Crippen LogP contribution in [0.2, 0.25) is 0 Å². The fraction of sp³-hybridized carbons (Fsp3) is 0.367. The Bertz CT molecular complexity index is 1410. The van der Waals surface area contributed by atoms with Gasteiger partial charge in [-0.05, 0) is 63.7 Å². The van der Waals surface area contributed by atoms with Gasteiger partial charge in [0.25, 0.3) is 0 Å². The molecule has 0 N–H and O–H groups in total. The lowest BCUT2D eigenvalue weighted by molar-refractivity contribution is -0.156. The normalized spacial score (nSPS) is 18.8. The topological polar surface area (TPSA) is 22.1 Å². The molecule has 0 amide bonds. The first-order valence-corrected chi connectivity index (χ1v) is 14.1. The molecule has 0 radical (unpaired) electrons. The average Bonchev–Trinajstić information content (AvgIpc) is 3.42. The molecule has 0 saturated heterocycles. The highest BCUT2D eigenvalue weighted by Gasteiger charge is 2.56. The molecular formula is C30H29BrF6N4. The monoisotopic (exact) mass is 638 g/mol. The zero-order valence-electron chi connectivity index (χ0n) is 22.4. The molecule has 2 atom stereocenters. The van der Waals surface area contributed by atoms with Gasteiger partial charge >= 0.3 is 12.4 Å². The summed E-state index contributed by atoms with van der Waals surface area (Å²) in [5.41, 5.74) is 3.54. The lowest BCUT2D eigenvalue weighted by atomic mass is 10.0. The van der Waals surface area contributed by atoms with Crippen molar-refractivity contribution in [3.8, 4) is 0 Å². The molecule has 0 aromatic heterocycles.